The third kappa shape index (κ3) is 2.94. The van der Waals surface area contributed by atoms with Crippen molar-refractivity contribution in [3.63, 3.8) is 0 Å². The Morgan fingerprint density at radius 2 is 0.897 bits per heavy atom. The zero-order valence-corrected chi connectivity index (χ0v) is 17.2. The first-order chi connectivity index (χ1) is 14.0. The maximum absolute atomic E-state index is 2.40. The molecular formula is C28H25N. The first-order valence-corrected chi connectivity index (χ1v) is 10.2. The van der Waals surface area contributed by atoms with E-state index in [0.29, 0.717) is 0 Å². The molecule has 0 fully saturated rings. The van der Waals surface area contributed by atoms with Crippen molar-refractivity contribution in [1.82, 2.24) is 0 Å². The first kappa shape index (κ1) is 17.8. The Balaban J connectivity index is 1.80. The van der Waals surface area contributed by atoms with Gasteiger partial charge in [-0.25, -0.2) is 0 Å². The number of para-hydroxylation sites is 2. The van der Waals surface area contributed by atoms with Crippen LogP contribution in [0, 0.1) is 0 Å². The molecule has 0 unspecified atom stereocenters. The average molecular weight is 376 g/mol. The summed E-state index contributed by atoms with van der Waals surface area (Å²) in [5.74, 6) is 0. The molecule has 1 aliphatic rings. The Morgan fingerprint density at radius 1 is 0.483 bits per heavy atom. The highest BCUT2D eigenvalue weighted by Crippen LogP contribution is 2.50. The molecule has 0 aromatic heterocycles. The van der Waals surface area contributed by atoms with Crippen LogP contribution in [-0.2, 0) is 5.41 Å². The molecule has 0 N–H and O–H groups in total. The number of nitrogens with zero attached hydrogens (tertiary/aromatic N) is 1. The summed E-state index contributed by atoms with van der Waals surface area (Å²) in [5.41, 5.74) is 10.2. The van der Waals surface area contributed by atoms with Gasteiger partial charge in [0, 0.05) is 16.8 Å². The molecule has 1 nitrogen and oxygen atoms in total. The van der Waals surface area contributed by atoms with Gasteiger partial charge in [-0.1, -0.05) is 93.6 Å². The monoisotopic (exact) mass is 375 g/mol. The van der Waals surface area contributed by atoms with Gasteiger partial charge in [0.05, 0.1) is 11.4 Å². The van der Waals surface area contributed by atoms with Gasteiger partial charge in [0.25, 0.3) is 0 Å². The number of hydrogen-bond donors (Lipinski definition) is 0. The maximum atomic E-state index is 2.40. The molecule has 0 amide bonds. The molecule has 29 heavy (non-hydrogen) atoms. The summed E-state index contributed by atoms with van der Waals surface area (Å²) in [5, 5.41) is 0. The molecule has 0 saturated heterocycles. The van der Waals surface area contributed by atoms with Crippen LogP contribution in [-0.4, -0.2) is 0 Å². The van der Waals surface area contributed by atoms with E-state index in [4.69, 9.17) is 0 Å². The van der Waals surface area contributed by atoms with E-state index in [9.17, 15) is 0 Å². The zero-order valence-electron chi connectivity index (χ0n) is 17.2. The van der Waals surface area contributed by atoms with Crippen LogP contribution in [0.4, 0.5) is 17.1 Å². The second kappa shape index (κ2) is 6.63. The summed E-state index contributed by atoms with van der Waals surface area (Å²) in [6.45, 7) is 6.78. The van der Waals surface area contributed by atoms with Crippen molar-refractivity contribution < 1.29 is 0 Å². The summed E-state index contributed by atoms with van der Waals surface area (Å²) in [7, 11) is 0. The molecule has 4 aromatic carbocycles. The van der Waals surface area contributed by atoms with Crippen LogP contribution in [0.1, 0.15) is 26.3 Å². The predicted molar refractivity (Wildman–Crippen MR) is 124 cm³/mol. The lowest BCUT2D eigenvalue weighted by Crippen LogP contribution is -2.13. The number of rotatable bonds is 1. The summed E-state index contributed by atoms with van der Waals surface area (Å²) in [6.07, 6.45) is 0. The molecule has 1 aliphatic heterocycles. The van der Waals surface area contributed by atoms with Gasteiger partial charge in [0.15, 0.2) is 0 Å². The molecule has 0 aliphatic carbocycles. The minimum Gasteiger partial charge on any atom is -0.309 e. The fourth-order valence-corrected chi connectivity index (χ4v) is 4.26. The number of fused-ring (bicyclic) bond motifs is 5. The van der Waals surface area contributed by atoms with Gasteiger partial charge >= 0.3 is 0 Å². The number of benzene rings is 4. The fraction of sp³-hybridized carbons (Fsp3) is 0.143. The van der Waals surface area contributed by atoms with E-state index < -0.39 is 0 Å². The number of hydrogen-bond acceptors (Lipinski definition) is 1. The van der Waals surface area contributed by atoms with Gasteiger partial charge in [0.2, 0.25) is 0 Å². The Bertz CT molecular complexity index is 1110. The fourth-order valence-electron chi connectivity index (χ4n) is 4.26. The molecule has 1 heterocycles. The first-order valence-electron chi connectivity index (χ1n) is 10.2. The van der Waals surface area contributed by atoms with Crippen LogP contribution in [0.15, 0.2) is 97.1 Å². The molecule has 4 aromatic rings. The summed E-state index contributed by atoms with van der Waals surface area (Å²) >= 11 is 0. The Hall–Kier alpha value is -3.32. The number of anilines is 3. The van der Waals surface area contributed by atoms with Crippen molar-refractivity contribution >= 4 is 17.1 Å². The van der Waals surface area contributed by atoms with E-state index in [1.165, 1.54) is 44.9 Å². The molecule has 0 radical (unpaired) electrons. The molecule has 0 saturated carbocycles. The summed E-state index contributed by atoms with van der Waals surface area (Å²) in [4.78, 5) is 2.40. The topological polar surface area (TPSA) is 3.24 Å². The molecule has 0 bridgehead atoms. The van der Waals surface area contributed by atoms with Crippen molar-refractivity contribution in [2.75, 3.05) is 4.90 Å². The van der Waals surface area contributed by atoms with E-state index in [1.54, 1.807) is 0 Å². The van der Waals surface area contributed by atoms with E-state index >= 15 is 0 Å². The van der Waals surface area contributed by atoms with E-state index in [-0.39, 0.29) is 5.41 Å². The van der Waals surface area contributed by atoms with Gasteiger partial charge in [0.1, 0.15) is 0 Å². The molecule has 5 rings (SSSR count). The quantitative estimate of drug-likeness (QED) is 0.286. The van der Waals surface area contributed by atoms with Crippen LogP contribution in [0.3, 0.4) is 0 Å². The highest BCUT2D eigenvalue weighted by Gasteiger charge is 2.25. The van der Waals surface area contributed by atoms with Crippen molar-refractivity contribution in [3.05, 3.63) is 103 Å². The molecule has 0 spiro atoms. The Kier molecular flexibility index (Phi) is 4.06. The summed E-state index contributed by atoms with van der Waals surface area (Å²) < 4.78 is 0. The lowest BCUT2D eigenvalue weighted by atomic mass is 9.87. The third-order valence-electron chi connectivity index (χ3n) is 5.79. The predicted octanol–water partition coefficient (Wildman–Crippen LogP) is 8.10. The van der Waals surface area contributed by atoms with Crippen molar-refractivity contribution in [2.24, 2.45) is 0 Å². The van der Waals surface area contributed by atoms with Crippen molar-refractivity contribution in [2.45, 2.75) is 26.2 Å². The minimum atomic E-state index is 0.142. The second-order valence-corrected chi connectivity index (χ2v) is 8.71. The standard InChI is InChI=1S/C28H25N/c1-28(2,3)20-16-18-21(19-17-20)29-26-14-8-6-12-24(26)22-10-4-5-11-23(22)25-13-7-9-15-27(25)29/h4-19H,1-3H3. The van der Waals surface area contributed by atoms with Crippen LogP contribution < -0.4 is 4.90 Å². The lowest BCUT2D eigenvalue weighted by Gasteiger charge is -2.28. The highest BCUT2D eigenvalue weighted by atomic mass is 15.1. The van der Waals surface area contributed by atoms with Crippen LogP contribution in [0.2, 0.25) is 0 Å². The third-order valence-corrected chi connectivity index (χ3v) is 5.79. The average Bonchev–Trinajstić information content (AvgIpc) is 2.86. The highest BCUT2D eigenvalue weighted by molar-refractivity contribution is 6.02. The lowest BCUT2D eigenvalue weighted by molar-refractivity contribution is 0.590. The SMILES string of the molecule is CC(C)(C)c1ccc(N2c3ccccc3-c3ccccc3-c3ccccc32)cc1. The molecule has 142 valence electrons. The molecule has 0 atom stereocenters. The smallest absolute Gasteiger partial charge is 0.0540 e. The van der Waals surface area contributed by atoms with E-state index in [0.717, 1.165) is 0 Å². The Labute approximate surface area is 173 Å². The zero-order chi connectivity index (χ0) is 20.0. The van der Waals surface area contributed by atoms with Crippen LogP contribution in [0.5, 0.6) is 0 Å². The van der Waals surface area contributed by atoms with Crippen LogP contribution in [0.25, 0.3) is 22.3 Å². The largest absolute Gasteiger partial charge is 0.309 e. The van der Waals surface area contributed by atoms with Gasteiger partial charge in [-0.05, 0) is 46.4 Å². The van der Waals surface area contributed by atoms with Gasteiger partial charge in [-0.2, -0.15) is 0 Å². The van der Waals surface area contributed by atoms with E-state index in [2.05, 4.69) is 123 Å². The normalized spacial score (nSPS) is 12.6. The maximum Gasteiger partial charge on any atom is 0.0540 e. The minimum absolute atomic E-state index is 0.142. The summed E-state index contributed by atoms with van der Waals surface area (Å²) in [6, 6.07) is 35.2. The van der Waals surface area contributed by atoms with E-state index in [1.807, 2.05) is 0 Å². The van der Waals surface area contributed by atoms with Crippen LogP contribution >= 0.6 is 0 Å². The van der Waals surface area contributed by atoms with Gasteiger partial charge in [-0.15, -0.1) is 0 Å². The van der Waals surface area contributed by atoms with Crippen molar-refractivity contribution in [3.8, 4) is 22.3 Å². The van der Waals surface area contributed by atoms with Gasteiger partial charge < -0.3 is 4.90 Å². The molecular weight excluding hydrogens is 350 g/mol. The Morgan fingerprint density at radius 3 is 1.34 bits per heavy atom. The second-order valence-electron chi connectivity index (χ2n) is 8.71. The van der Waals surface area contributed by atoms with Gasteiger partial charge in [-0.3, -0.25) is 0 Å². The molecule has 1 heteroatoms. The van der Waals surface area contributed by atoms with Crippen molar-refractivity contribution in [1.29, 1.82) is 0 Å².